The lowest BCUT2D eigenvalue weighted by molar-refractivity contribution is -0.223. The lowest BCUT2D eigenvalue weighted by Crippen LogP contribution is -2.38. The molecule has 3 rings (SSSR count). The molecule has 0 radical (unpaired) electrons. The average Bonchev–Trinajstić information content (AvgIpc) is 2.65. The van der Waals surface area contributed by atoms with Gasteiger partial charge in [-0.2, -0.15) is 22.0 Å². The second kappa shape index (κ2) is 8.46. The van der Waals surface area contributed by atoms with Gasteiger partial charge in [-0.3, -0.25) is 0 Å². The van der Waals surface area contributed by atoms with Crippen LogP contribution in [0, 0.1) is 11.8 Å². The van der Waals surface area contributed by atoms with Crippen molar-refractivity contribution in [1.29, 1.82) is 0 Å². The van der Waals surface area contributed by atoms with Crippen LogP contribution in [0.1, 0.15) is 63.9 Å². The highest BCUT2D eigenvalue weighted by Gasteiger charge is 2.45. The number of aryl methyl sites for hydroxylation is 1. The Morgan fingerprint density at radius 3 is 2.39 bits per heavy atom. The van der Waals surface area contributed by atoms with Gasteiger partial charge in [-0.05, 0) is 68.2 Å². The summed E-state index contributed by atoms with van der Waals surface area (Å²) >= 11 is 0. The van der Waals surface area contributed by atoms with Gasteiger partial charge >= 0.3 is 12.3 Å². The Labute approximate surface area is 162 Å². The summed E-state index contributed by atoms with van der Waals surface area (Å²) in [5, 5.41) is 0. The quantitative estimate of drug-likeness (QED) is 0.478. The van der Waals surface area contributed by atoms with Crippen molar-refractivity contribution in [2.75, 3.05) is 0 Å². The number of rotatable bonds is 6. The van der Waals surface area contributed by atoms with Gasteiger partial charge in [0, 0.05) is 0 Å². The zero-order valence-electron chi connectivity index (χ0n) is 16.0. The third kappa shape index (κ3) is 5.09. The Morgan fingerprint density at radius 1 is 1.04 bits per heavy atom. The molecule has 28 heavy (non-hydrogen) atoms. The Kier molecular flexibility index (Phi) is 6.40. The van der Waals surface area contributed by atoms with Crippen LogP contribution in [0.3, 0.4) is 0 Å². The maximum atomic E-state index is 14.6. The van der Waals surface area contributed by atoms with Crippen molar-refractivity contribution in [3.05, 3.63) is 23.8 Å². The van der Waals surface area contributed by atoms with E-state index in [1.807, 2.05) is 0 Å². The molecule has 0 amide bonds. The molecule has 2 aliphatic rings. The zero-order valence-corrected chi connectivity index (χ0v) is 16.0. The summed E-state index contributed by atoms with van der Waals surface area (Å²) in [5.41, 5.74) is 0.470. The predicted molar refractivity (Wildman–Crippen MR) is 95.8 cm³/mol. The minimum atomic E-state index is -4.43. The number of alkyl halides is 5. The van der Waals surface area contributed by atoms with E-state index in [4.69, 9.17) is 9.47 Å². The molecule has 1 fully saturated rings. The van der Waals surface area contributed by atoms with Gasteiger partial charge in [0.15, 0.2) is 6.10 Å². The number of ether oxygens (including phenoxy) is 2. The average molecular weight is 406 g/mol. The highest BCUT2D eigenvalue weighted by molar-refractivity contribution is 5.42. The van der Waals surface area contributed by atoms with Crippen LogP contribution in [0.25, 0.3) is 0 Å². The monoisotopic (exact) mass is 406 g/mol. The van der Waals surface area contributed by atoms with Gasteiger partial charge in [-0.25, -0.2) is 0 Å². The van der Waals surface area contributed by atoms with E-state index in [0.717, 1.165) is 32.1 Å². The molecule has 0 N–H and O–H groups in total. The molecule has 0 aromatic heterocycles. The first kappa shape index (κ1) is 21.2. The number of halogens is 5. The van der Waals surface area contributed by atoms with Crippen molar-refractivity contribution in [2.24, 2.45) is 11.8 Å². The van der Waals surface area contributed by atoms with E-state index in [1.54, 1.807) is 0 Å². The molecule has 0 saturated heterocycles. The van der Waals surface area contributed by atoms with Crippen molar-refractivity contribution in [3.63, 3.8) is 0 Å². The molecule has 1 aliphatic carbocycles. The standard InChI is InChI=1S/C21H27F5O2/c1-2-3-4-14-5-8-16(9-6-14)21(25,26)28-17-10-11-18-15(13-17)7-12-19(27-18)20(22,23)24/h10-11,13-14,16,19H,2-9,12H2,1H3. The molecule has 0 bridgehead atoms. The second-order valence-electron chi connectivity index (χ2n) is 7.98. The third-order valence-electron chi connectivity index (χ3n) is 5.88. The summed E-state index contributed by atoms with van der Waals surface area (Å²) in [6.07, 6.45) is -3.88. The molecule has 1 aromatic carbocycles. The fraction of sp³-hybridized carbons (Fsp3) is 0.714. The van der Waals surface area contributed by atoms with E-state index < -0.39 is 24.3 Å². The fourth-order valence-electron chi connectivity index (χ4n) is 4.18. The maximum absolute atomic E-state index is 14.6. The van der Waals surface area contributed by atoms with E-state index in [0.29, 0.717) is 24.3 Å². The third-order valence-corrected chi connectivity index (χ3v) is 5.88. The van der Waals surface area contributed by atoms with Gasteiger partial charge in [0.1, 0.15) is 11.5 Å². The number of unbranched alkanes of at least 4 members (excludes halogenated alkanes) is 1. The van der Waals surface area contributed by atoms with Crippen LogP contribution in [0.15, 0.2) is 18.2 Å². The summed E-state index contributed by atoms with van der Waals surface area (Å²) in [6.45, 7) is 2.13. The number of benzene rings is 1. The van der Waals surface area contributed by atoms with Crippen LogP contribution in [-0.4, -0.2) is 18.4 Å². The molecular weight excluding hydrogens is 379 g/mol. The van der Waals surface area contributed by atoms with Crippen LogP contribution in [0.2, 0.25) is 0 Å². The summed E-state index contributed by atoms with van der Waals surface area (Å²) in [4.78, 5) is 0. The highest BCUT2D eigenvalue weighted by atomic mass is 19.4. The van der Waals surface area contributed by atoms with Crippen molar-refractivity contribution in [3.8, 4) is 11.5 Å². The predicted octanol–water partition coefficient (Wildman–Crippen LogP) is 6.91. The topological polar surface area (TPSA) is 18.5 Å². The van der Waals surface area contributed by atoms with Crippen LogP contribution in [0.4, 0.5) is 22.0 Å². The minimum absolute atomic E-state index is 0.0223. The Bertz CT molecular complexity index is 651. The van der Waals surface area contributed by atoms with E-state index in [9.17, 15) is 22.0 Å². The number of hydrogen-bond acceptors (Lipinski definition) is 2. The SMILES string of the molecule is CCCCC1CCC(C(F)(F)Oc2ccc3c(c2)CCC(C(F)(F)F)O3)CC1. The first-order valence-electron chi connectivity index (χ1n) is 10.1. The van der Waals surface area contributed by atoms with E-state index in [1.165, 1.54) is 18.2 Å². The second-order valence-corrected chi connectivity index (χ2v) is 7.98. The van der Waals surface area contributed by atoms with Gasteiger partial charge in [-0.15, -0.1) is 0 Å². The first-order valence-corrected chi connectivity index (χ1v) is 10.1. The molecule has 1 atom stereocenters. The molecule has 1 aliphatic heterocycles. The molecule has 158 valence electrons. The summed E-state index contributed by atoms with van der Waals surface area (Å²) in [6, 6.07) is 3.93. The Hall–Kier alpha value is -1.53. The van der Waals surface area contributed by atoms with Gasteiger partial charge in [0.25, 0.3) is 0 Å². The highest BCUT2D eigenvalue weighted by Crippen LogP contribution is 2.42. The molecule has 1 heterocycles. The zero-order chi connectivity index (χ0) is 20.4. The summed E-state index contributed by atoms with van der Waals surface area (Å²) < 4.78 is 77.6. The van der Waals surface area contributed by atoms with Crippen LogP contribution in [-0.2, 0) is 6.42 Å². The lowest BCUT2D eigenvalue weighted by Gasteiger charge is -2.33. The molecule has 0 spiro atoms. The largest absolute Gasteiger partial charge is 0.481 e. The van der Waals surface area contributed by atoms with Crippen molar-refractivity contribution in [1.82, 2.24) is 0 Å². The van der Waals surface area contributed by atoms with Crippen molar-refractivity contribution < 1.29 is 31.4 Å². The molecule has 1 aromatic rings. The number of fused-ring (bicyclic) bond motifs is 1. The Morgan fingerprint density at radius 2 is 1.75 bits per heavy atom. The van der Waals surface area contributed by atoms with Gasteiger partial charge < -0.3 is 9.47 Å². The van der Waals surface area contributed by atoms with E-state index >= 15 is 0 Å². The van der Waals surface area contributed by atoms with Gasteiger partial charge in [-0.1, -0.05) is 26.2 Å². The molecular formula is C21H27F5O2. The van der Waals surface area contributed by atoms with Gasteiger partial charge in [0.2, 0.25) is 0 Å². The van der Waals surface area contributed by atoms with Crippen molar-refractivity contribution >= 4 is 0 Å². The van der Waals surface area contributed by atoms with Crippen LogP contribution in [0.5, 0.6) is 11.5 Å². The molecule has 7 heteroatoms. The van der Waals surface area contributed by atoms with Crippen LogP contribution < -0.4 is 9.47 Å². The Balaban J connectivity index is 1.59. The van der Waals surface area contributed by atoms with Crippen LogP contribution >= 0.6 is 0 Å². The molecule has 1 unspecified atom stereocenters. The van der Waals surface area contributed by atoms with E-state index in [2.05, 4.69) is 6.92 Å². The fourth-order valence-corrected chi connectivity index (χ4v) is 4.18. The first-order chi connectivity index (χ1) is 13.2. The van der Waals surface area contributed by atoms with Crippen molar-refractivity contribution in [2.45, 2.75) is 83.1 Å². The van der Waals surface area contributed by atoms with E-state index in [-0.39, 0.29) is 24.3 Å². The number of hydrogen-bond donors (Lipinski definition) is 0. The summed E-state index contributed by atoms with van der Waals surface area (Å²) in [7, 11) is 0. The lowest BCUT2D eigenvalue weighted by atomic mass is 9.79. The molecule has 2 nitrogen and oxygen atoms in total. The van der Waals surface area contributed by atoms with Gasteiger partial charge in [0.05, 0.1) is 5.92 Å². The smallest absolute Gasteiger partial charge is 0.425 e. The minimum Gasteiger partial charge on any atom is -0.481 e. The normalized spacial score (nSPS) is 25.7. The summed E-state index contributed by atoms with van der Waals surface area (Å²) in [5.74, 6) is -0.242. The molecule has 1 saturated carbocycles. The maximum Gasteiger partial charge on any atom is 0.425 e.